The van der Waals surface area contributed by atoms with Gasteiger partial charge in [-0.3, -0.25) is 4.79 Å². The molecule has 1 atom stereocenters. The summed E-state index contributed by atoms with van der Waals surface area (Å²) in [5, 5.41) is 13.4. The summed E-state index contributed by atoms with van der Waals surface area (Å²) in [5.74, 6) is 0.0908. The zero-order valence-electron chi connectivity index (χ0n) is 17.8. The van der Waals surface area contributed by atoms with Gasteiger partial charge in [-0.25, -0.2) is 15.2 Å². The molecule has 0 radical (unpaired) electrons. The third-order valence-corrected chi connectivity index (χ3v) is 5.68. The fourth-order valence-corrected chi connectivity index (χ4v) is 3.98. The van der Waals surface area contributed by atoms with Crippen LogP contribution in [0.5, 0.6) is 0 Å². The summed E-state index contributed by atoms with van der Waals surface area (Å²) in [6.07, 6.45) is 3.43. The second-order valence-electron chi connectivity index (χ2n) is 8.06. The van der Waals surface area contributed by atoms with E-state index in [1.165, 1.54) is 0 Å². The molecule has 0 spiro atoms. The number of carboxylic acids is 1. The van der Waals surface area contributed by atoms with Crippen LogP contribution < -0.4 is 5.43 Å². The molecule has 2 aromatic carbocycles. The lowest BCUT2D eigenvalue weighted by molar-refractivity contribution is -0.121. The third-order valence-electron chi connectivity index (χ3n) is 5.68. The largest absolute Gasteiger partial charge is 0.478 e. The van der Waals surface area contributed by atoms with Crippen molar-refractivity contribution in [1.82, 2.24) is 15.0 Å². The van der Waals surface area contributed by atoms with E-state index in [9.17, 15) is 9.59 Å². The molecule has 4 rings (SSSR count). The molecule has 0 saturated carbocycles. The van der Waals surface area contributed by atoms with Crippen LogP contribution in [0.3, 0.4) is 0 Å². The quantitative estimate of drug-likeness (QED) is 0.606. The summed E-state index contributed by atoms with van der Waals surface area (Å²) >= 11 is 0. The average Bonchev–Trinajstić information content (AvgIpc) is 3.09. The number of nitrogens with zero attached hydrogens (tertiary/aromatic N) is 3. The fourth-order valence-electron chi connectivity index (χ4n) is 3.98. The highest BCUT2D eigenvalue weighted by atomic mass is 16.4. The smallest absolute Gasteiger partial charge is 0.335 e. The molecule has 2 heterocycles. The van der Waals surface area contributed by atoms with E-state index >= 15 is 0 Å². The molecule has 0 fully saturated rings. The third kappa shape index (κ3) is 4.35. The highest BCUT2D eigenvalue weighted by molar-refractivity contribution is 6.07. The Morgan fingerprint density at radius 2 is 2.00 bits per heavy atom. The molecule has 1 aromatic heterocycles. The number of aromatic carboxylic acids is 1. The number of rotatable bonds is 7. The minimum Gasteiger partial charge on any atom is -0.478 e. The first-order valence-corrected chi connectivity index (χ1v) is 10.6. The van der Waals surface area contributed by atoms with Crippen LogP contribution in [0, 0.1) is 5.92 Å². The van der Waals surface area contributed by atoms with E-state index in [1.54, 1.807) is 12.1 Å². The van der Waals surface area contributed by atoms with Gasteiger partial charge in [0.15, 0.2) is 0 Å². The summed E-state index contributed by atoms with van der Waals surface area (Å²) < 4.78 is 2.21. The molecule has 0 bridgehead atoms. The normalized spacial score (nSPS) is 16.3. The Kier molecular flexibility index (Phi) is 5.84. The maximum Gasteiger partial charge on any atom is 0.335 e. The Hall–Kier alpha value is -3.48. The van der Waals surface area contributed by atoms with Crippen LogP contribution in [0.25, 0.3) is 11.0 Å². The van der Waals surface area contributed by atoms with Crippen LogP contribution in [-0.2, 0) is 17.8 Å². The second kappa shape index (κ2) is 8.71. The molecule has 1 aliphatic heterocycles. The topological polar surface area (TPSA) is 96.6 Å². The molecule has 0 saturated heterocycles. The maximum absolute atomic E-state index is 11.6. The molecule has 7 nitrogen and oxygen atoms in total. The van der Waals surface area contributed by atoms with E-state index in [0.29, 0.717) is 13.0 Å². The molecule has 0 aliphatic carbocycles. The number of carboxylic acid groups (broad SMARTS) is 1. The number of imidazole rings is 1. The van der Waals surface area contributed by atoms with Gasteiger partial charge in [0.2, 0.25) is 5.91 Å². The Labute approximate surface area is 180 Å². The Bertz CT molecular complexity index is 1160. The first-order valence-electron chi connectivity index (χ1n) is 10.6. The summed E-state index contributed by atoms with van der Waals surface area (Å²) in [6, 6.07) is 13.1. The molecule has 160 valence electrons. The zero-order valence-corrected chi connectivity index (χ0v) is 17.8. The lowest BCUT2D eigenvalue weighted by atomic mass is 9.94. The standard InChI is InChI=1S/C24H26N4O3/c1-3-4-5-21-25-19-13-18(23-15(2)12-22(29)26-27-23)10-11-20(19)28(21)14-16-6-8-17(9-7-16)24(30)31/h6-11,13,15H,3-5,12,14H2,1-2H3,(H,26,29)(H,30,31). The van der Waals surface area contributed by atoms with Crippen molar-refractivity contribution in [3.05, 3.63) is 65.0 Å². The predicted molar refractivity (Wildman–Crippen MR) is 119 cm³/mol. The molecule has 1 aliphatic rings. The number of nitrogens with one attached hydrogen (secondary N) is 1. The van der Waals surface area contributed by atoms with Gasteiger partial charge < -0.3 is 9.67 Å². The number of hydrogen-bond acceptors (Lipinski definition) is 4. The summed E-state index contributed by atoms with van der Waals surface area (Å²) in [4.78, 5) is 27.6. The van der Waals surface area contributed by atoms with E-state index in [1.807, 2.05) is 31.2 Å². The molecular weight excluding hydrogens is 392 g/mol. The molecule has 3 aromatic rings. The van der Waals surface area contributed by atoms with Crippen molar-refractivity contribution in [2.45, 2.75) is 46.1 Å². The first kappa shape index (κ1) is 20.8. The van der Waals surface area contributed by atoms with Crippen molar-refractivity contribution in [3.63, 3.8) is 0 Å². The Morgan fingerprint density at radius 1 is 1.23 bits per heavy atom. The number of amides is 1. The van der Waals surface area contributed by atoms with Gasteiger partial charge in [0.05, 0.1) is 22.3 Å². The number of hydrazone groups is 1. The van der Waals surface area contributed by atoms with Gasteiger partial charge in [-0.2, -0.15) is 5.10 Å². The predicted octanol–water partition coefficient (Wildman–Crippen LogP) is 3.99. The minimum absolute atomic E-state index is 0.0561. The molecule has 31 heavy (non-hydrogen) atoms. The van der Waals surface area contributed by atoms with Gasteiger partial charge in [0, 0.05) is 30.9 Å². The van der Waals surface area contributed by atoms with Crippen molar-refractivity contribution in [2.24, 2.45) is 11.0 Å². The van der Waals surface area contributed by atoms with E-state index in [4.69, 9.17) is 10.1 Å². The van der Waals surface area contributed by atoms with Gasteiger partial charge >= 0.3 is 5.97 Å². The van der Waals surface area contributed by atoms with Crippen LogP contribution in [0.4, 0.5) is 0 Å². The van der Waals surface area contributed by atoms with Crippen molar-refractivity contribution in [1.29, 1.82) is 0 Å². The maximum atomic E-state index is 11.6. The van der Waals surface area contributed by atoms with Crippen molar-refractivity contribution in [3.8, 4) is 0 Å². The molecule has 7 heteroatoms. The average molecular weight is 418 g/mol. The number of aromatic nitrogens is 2. The number of unbranched alkanes of at least 4 members (excludes halogenated alkanes) is 1. The van der Waals surface area contributed by atoms with E-state index in [-0.39, 0.29) is 17.4 Å². The second-order valence-corrected chi connectivity index (χ2v) is 8.06. The molecule has 2 N–H and O–H groups in total. The highest BCUT2D eigenvalue weighted by Crippen LogP contribution is 2.24. The van der Waals surface area contributed by atoms with Gasteiger partial charge in [0.25, 0.3) is 0 Å². The van der Waals surface area contributed by atoms with Crippen molar-refractivity contribution < 1.29 is 14.7 Å². The summed E-state index contributed by atoms with van der Waals surface area (Å²) in [7, 11) is 0. The van der Waals surface area contributed by atoms with Gasteiger partial charge in [0.1, 0.15) is 5.82 Å². The van der Waals surface area contributed by atoms with E-state index in [2.05, 4.69) is 28.1 Å². The van der Waals surface area contributed by atoms with Crippen molar-refractivity contribution in [2.75, 3.05) is 0 Å². The van der Waals surface area contributed by atoms with Crippen molar-refractivity contribution >= 4 is 28.6 Å². The summed E-state index contributed by atoms with van der Waals surface area (Å²) in [6.45, 7) is 4.79. The zero-order chi connectivity index (χ0) is 22.0. The number of hydrogen-bond donors (Lipinski definition) is 2. The number of fused-ring (bicyclic) bond motifs is 1. The lowest BCUT2D eigenvalue weighted by Crippen LogP contribution is -2.31. The van der Waals surface area contributed by atoms with Crippen LogP contribution in [0.2, 0.25) is 0 Å². The number of aryl methyl sites for hydroxylation is 1. The van der Waals surface area contributed by atoms with E-state index in [0.717, 1.165) is 53.0 Å². The lowest BCUT2D eigenvalue weighted by Gasteiger charge is -2.19. The Balaban J connectivity index is 1.71. The summed E-state index contributed by atoms with van der Waals surface area (Å²) in [5.41, 5.74) is 7.66. The van der Waals surface area contributed by atoms with Gasteiger partial charge in [-0.1, -0.05) is 38.5 Å². The van der Waals surface area contributed by atoms with Crippen LogP contribution in [0.15, 0.2) is 47.6 Å². The fraction of sp³-hybridized carbons (Fsp3) is 0.333. The van der Waals surface area contributed by atoms with Crippen LogP contribution in [-0.4, -0.2) is 32.2 Å². The van der Waals surface area contributed by atoms with E-state index < -0.39 is 5.97 Å². The SMILES string of the molecule is CCCCc1nc2cc(C3=NNC(=O)CC3C)ccc2n1Cc1ccc(C(=O)O)cc1. The number of benzene rings is 2. The van der Waals surface area contributed by atoms with Gasteiger partial charge in [-0.15, -0.1) is 0 Å². The van der Waals surface area contributed by atoms with Gasteiger partial charge in [-0.05, 0) is 36.2 Å². The monoisotopic (exact) mass is 418 g/mol. The number of carbonyl (C=O) groups is 2. The molecular formula is C24H26N4O3. The van der Waals surface area contributed by atoms with Crippen LogP contribution in [0.1, 0.15) is 60.4 Å². The minimum atomic E-state index is -0.924. The molecule has 1 amide bonds. The molecule has 1 unspecified atom stereocenters. The Morgan fingerprint density at radius 3 is 2.68 bits per heavy atom. The highest BCUT2D eigenvalue weighted by Gasteiger charge is 2.22. The first-order chi connectivity index (χ1) is 15.0. The van der Waals surface area contributed by atoms with Crippen LogP contribution >= 0.6 is 0 Å². The number of carbonyl (C=O) groups excluding carboxylic acids is 1.